The van der Waals surface area contributed by atoms with Gasteiger partial charge in [-0.05, 0) is 17.9 Å². The van der Waals surface area contributed by atoms with Crippen LogP contribution in [-0.2, 0) is 0 Å². The lowest BCUT2D eigenvalue weighted by atomic mass is 9.84. The molecule has 0 saturated heterocycles. The van der Waals surface area contributed by atoms with Crippen molar-refractivity contribution in [3.8, 4) is 11.3 Å². The van der Waals surface area contributed by atoms with E-state index >= 15 is 0 Å². The van der Waals surface area contributed by atoms with Gasteiger partial charge in [-0.25, -0.2) is 9.78 Å². The van der Waals surface area contributed by atoms with Crippen LogP contribution in [-0.4, -0.2) is 21.2 Å². The van der Waals surface area contributed by atoms with E-state index in [0.717, 1.165) is 17.7 Å². The fourth-order valence-electron chi connectivity index (χ4n) is 3.42. The van der Waals surface area contributed by atoms with Gasteiger partial charge >= 0.3 is 6.09 Å². The number of imidazole rings is 1. The van der Waals surface area contributed by atoms with Crippen LogP contribution in [0.25, 0.3) is 11.3 Å². The second-order valence-electron chi connectivity index (χ2n) is 6.29. The topological polar surface area (TPSA) is 78.0 Å². The summed E-state index contributed by atoms with van der Waals surface area (Å²) in [6.07, 6.45) is 7.76. The average molecular weight is 313 g/mol. The zero-order chi connectivity index (χ0) is 16.1. The molecule has 1 fully saturated rings. The number of carboxylic acid groups (broad SMARTS) is 1. The van der Waals surface area contributed by atoms with E-state index in [4.69, 9.17) is 5.11 Å². The van der Waals surface area contributed by atoms with Gasteiger partial charge in [-0.15, -0.1) is 0 Å². The van der Waals surface area contributed by atoms with Crippen molar-refractivity contribution in [3.05, 3.63) is 42.4 Å². The molecule has 1 amide bonds. The van der Waals surface area contributed by atoms with E-state index in [9.17, 15) is 4.79 Å². The standard InChI is InChI=1S/C18H23N3O2/c22-18(23)21-15(11-13-7-3-1-4-8-13)17-19-12-16(20-17)14-9-5-2-6-10-14/h2,5-6,9-10,12-13,15,21H,1,3-4,7-8,11H2,(H,19,20)(H,22,23)/t15-/m1/s1. The zero-order valence-corrected chi connectivity index (χ0v) is 13.2. The Morgan fingerprint density at radius 1 is 1.26 bits per heavy atom. The van der Waals surface area contributed by atoms with Crippen LogP contribution >= 0.6 is 0 Å². The van der Waals surface area contributed by atoms with Gasteiger partial charge in [-0.3, -0.25) is 0 Å². The van der Waals surface area contributed by atoms with E-state index in [1.807, 2.05) is 30.3 Å². The fourth-order valence-corrected chi connectivity index (χ4v) is 3.42. The van der Waals surface area contributed by atoms with E-state index in [-0.39, 0.29) is 6.04 Å². The van der Waals surface area contributed by atoms with Gasteiger partial charge in [0.15, 0.2) is 0 Å². The quantitative estimate of drug-likeness (QED) is 0.767. The first-order valence-electron chi connectivity index (χ1n) is 8.32. The maximum atomic E-state index is 11.1. The third-order valence-corrected chi connectivity index (χ3v) is 4.60. The Hall–Kier alpha value is -2.30. The zero-order valence-electron chi connectivity index (χ0n) is 13.2. The van der Waals surface area contributed by atoms with Gasteiger partial charge in [0, 0.05) is 0 Å². The summed E-state index contributed by atoms with van der Waals surface area (Å²) >= 11 is 0. The molecule has 23 heavy (non-hydrogen) atoms. The van der Waals surface area contributed by atoms with Crippen LogP contribution in [0.5, 0.6) is 0 Å². The van der Waals surface area contributed by atoms with Crippen LogP contribution in [0.3, 0.4) is 0 Å². The lowest BCUT2D eigenvalue weighted by Crippen LogP contribution is -2.29. The smallest absolute Gasteiger partial charge is 0.405 e. The molecule has 5 heteroatoms. The Labute approximate surface area is 136 Å². The minimum atomic E-state index is -0.997. The number of hydrogen-bond donors (Lipinski definition) is 3. The molecule has 122 valence electrons. The first-order chi connectivity index (χ1) is 11.2. The molecule has 3 rings (SSSR count). The molecule has 1 aliphatic rings. The Morgan fingerprint density at radius 3 is 2.70 bits per heavy atom. The predicted molar refractivity (Wildman–Crippen MR) is 89.1 cm³/mol. The Bertz CT molecular complexity index is 633. The molecule has 0 radical (unpaired) electrons. The summed E-state index contributed by atoms with van der Waals surface area (Å²) in [6, 6.07) is 9.68. The molecule has 0 aliphatic heterocycles. The summed E-state index contributed by atoms with van der Waals surface area (Å²) < 4.78 is 0. The molecule has 0 bridgehead atoms. The molecular formula is C18H23N3O2. The maximum absolute atomic E-state index is 11.1. The number of aromatic amines is 1. The molecular weight excluding hydrogens is 290 g/mol. The highest BCUT2D eigenvalue weighted by Gasteiger charge is 2.23. The van der Waals surface area contributed by atoms with Gasteiger partial charge in [0.25, 0.3) is 0 Å². The first-order valence-corrected chi connectivity index (χ1v) is 8.32. The van der Waals surface area contributed by atoms with E-state index in [1.165, 1.54) is 32.1 Å². The third kappa shape index (κ3) is 4.12. The molecule has 1 aromatic carbocycles. The largest absolute Gasteiger partial charge is 0.465 e. The van der Waals surface area contributed by atoms with Gasteiger partial charge < -0.3 is 15.4 Å². The molecule has 0 unspecified atom stereocenters. The van der Waals surface area contributed by atoms with Crippen molar-refractivity contribution in [1.29, 1.82) is 0 Å². The molecule has 1 heterocycles. The van der Waals surface area contributed by atoms with Gasteiger partial charge in [0.2, 0.25) is 0 Å². The minimum Gasteiger partial charge on any atom is -0.465 e. The van der Waals surface area contributed by atoms with Gasteiger partial charge in [-0.1, -0.05) is 62.4 Å². The number of hydrogen-bond acceptors (Lipinski definition) is 2. The summed E-state index contributed by atoms with van der Waals surface area (Å²) in [5.74, 6) is 1.28. The fraction of sp³-hybridized carbons (Fsp3) is 0.444. The summed E-state index contributed by atoms with van der Waals surface area (Å²) in [5, 5.41) is 11.8. The maximum Gasteiger partial charge on any atom is 0.405 e. The van der Waals surface area contributed by atoms with Crippen LogP contribution in [0.2, 0.25) is 0 Å². The van der Waals surface area contributed by atoms with Crippen molar-refractivity contribution in [2.45, 2.75) is 44.6 Å². The van der Waals surface area contributed by atoms with E-state index in [0.29, 0.717) is 11.7 Å². The van der Waals surface area contributed by atoms with E-state index in [2.05, 4.69) is 15.3 Å². The molecule has 0 spiro atoms. The number of amides is 1. The van der Waals surface area contributed by atoms with Crippen molar-refractivity contribution >= 4 is 6.09 Å². The SMILES string of the molecule is O=C(O)N[C@H](CC1CCCCC1)c1ncc(-c2ccccc2)[nH]1. The third-order valence-electron chi connectivity index (χ3n) is 4.60. The van der Waals surface area contributed by atoms with Crippen LogP contribution < -0.4 is 5.32 Å². The van der Waals surface area contributed by atoms with E-state index < -0.39 is 6.09 Å². The highest BCUT2D eigenvalue weighted by atomic mass is 16.4. The number of benzene rings is 1. The number of nitrogens with one attached hydrogen (secondary N) is 2. The monoisotopic (exact) mass is 313 g/mol. The van der Waals surface area contributed by atoms with Crippen LogP contribution in [0.1, 0.15) is 50.4 Å². The van der Waals surface area contributed by atoms with Crippen molar-refractivity contribution in [1.82, 2.24) is 15.3 Å². The number of carbonyl (C=O) groups is 1. The normalized spacial score (nSPS) is 16.9. The van der Waals surface area contributed by atoms with Crippen molar-refractivity contribution in [3.63, 3.8) is 0 Å². The van der Waals surface area contributed by atoms with Gasteiger partial charge in [0.05, 0.1) is 17.9 Å². The lowest BCUT2D eigenvalue weighted by molar-refractivity contribution is 0.184. The molecule has 2 aromatic rings. The van der Waals surface area contributed by atoms with Crippen molar-refractivity contribution < 1.29 is 9.90 Å². The van der Waals surface area contributed by atoms with Crippen molar-refractivity contribution in [2.24, 2.45) is 5.92 Å². The molecule has 1 aliphatic carbocycles. The Morgan fingerprint density at radius 2 is 2.00 bits per heavy atom. The second kappa shape index (κ2) is 7.31. The molecule has 1 atom stereocenters. The van der Waals surface area contributed by atoms with Crippen LogP contribution in [0, 0.1) is 5.92 Å². The number of nitrogens with zero attached hydrogens (tertiary/aromatic N) is 1. The average Bonchev–Trinajstić information content (AvgIpc) is 3.06. The summed E-state index contributed by atoms with van der Waals surface area (Å²) in [5.41, 5.74) is 1.97. The molecule has 1 saturated carbocycles. The summed E-state index contributed by atoms with van der Waals surface area (Å²) in [6.45, 7) is 0. The predicted octanol–water partition coefficient (Wildman–Crippen LogP) is 4.36. The first kappa shape index (κ1) is 15.6. The molecule has 3 N–H and O–H groups in total. The summed E-state index contributed by atoms with van der Waals surface area (Å²) in [4.78, 5) is 18.9. The molecule has 5 nitrogen and oxygen atoms in total. The number of H-pyrrole nitrogens is 1. The highest BCUT2D eigenvalue weighted by molar-refractivity contribution is 5.65. The Balaban J connectivity index is 1.76. The second-order valence-corrected chi connectivity index (χ2v) is 6.29. The van der Waals surface area contributed by atoms with Crippen LogP contribution in [0.15, 0.2) is 36.5 Å². The number of aromatic nitrogens is 2. The van der Waals surface area contributed by atoms with Gasteiger partial charge in [-0.2, -0.15) is 0 Å². The highest BCUT2D eigenvalue weighted by Crippen LogP contribution is 2.31. The van der Waals surface area contributed by atoms with Crippen molar-refractivity contribution in [2.75, 3.05) is 0 Å². The Kier molecular flexibility index (Phi) is 4.95. The van der Waals surface area contributed by atoms with Gasteiger partial charge in [0.1, 0.15) is 5.82 Å². The lowest BCUT2D eigenvalue weighted by Gasteiger charge is -2.25. The minimum absolute atomic E-state index is 0.270. The molecule has 1 aromatic heterocycles. The summed E-state index contributed by atoms with van der Waals surface area (Å²) in [7, 11) is 0. The van der Waals surface area contributed by atoms with Crippen LogP contribution in [0.4, 0.5) is 4.79 Å². The van der Waals surface area contributed by atoms with E-state index in [1.54, 1.807) is 6.20 Å². The number of rotatable bonds is 5.